The fraction of sp³-hybridized carbons (Fsp3) is 0.533. The highest BCUT2D eigenvalue weighted by atomic mass is 19.1. The van der Waals surface area contributed by atoms with Crippen molar-refractivity contribution in [1.29, 1.82) is 0 Å². The third-order valence-corrected chi connectivity index (χ3v) is 3.64. The Morgan fingerprint density at radius 1 is 1.55 bits per heavy atom. The molecular formula is C15H20FNO3. The molecule has 1 amide bonds. The van der Waals surface area contributed by atoms with Gasteiger partial charge in [0.25, 0.3) is 0 Å². The molecule has 1 fully saturated rings. The number of rotatable bonds is 4. The van der Waals surface area contributed by atoms with Crippen molar-refractivity contribution < 1.29 is 18.7 Å². The van der Waals surface area contributed by atoms with E-state index in [9.17, 15) is 9.18 Å². The molecule has 0 saturated carbocycles. The van der Waals surface area contributed by atoms with Crippen LogP contribution in [0.5, 0.6) is 5.75 Å². The number of halogens is 1. The zero-order valence-electron chi connectivity index (χ0n) is 11.8. The SMILES string of the molecule is COc1ccc(F)cc1CNC(=O)C1CCCOC1C. The van der Waals surface area contributed by atoms with Crippen molar-refractivity contribution in [3.63, 3.8) is 0 Å². The van der Waals surface area contributed by atoms with Crippen molar-refractivity contribution in [2.75, 3.05) is 13.7 Å². The van der Waals surface area contributed by atoms with Crippen LogP contribution >= 0.6 is 0 Å². The van der Waals surface area contributed by atoms with Gasteiger partial charge in [-0.25, -0.2) is 4.39 Å². The van der Waals surface area contributed by atoms with Gasteiger partial charge >= 0.3 is 0 Å². The third kappa shape index (κ3) is 3.48. The lowest BCUT2D eigenvalue weighted by atomic mass is 9.94. The first-order valence-electron chi connectivity index (χ1n) is 6.83. The van der Waals surface area contributed by atoms with E-state index in [1.165, 1.54) is 19.2 Å². The maximum Gasteiger partial charge on any atom is 0.225 e. The lowest BCUT2D eigenvalue weighted by Crippen LogP contribution is -2.39. The Kier molecular flexibility index (Phi) is 4.95. The van der Waals surface area contributed by atoms with E-state index in [0.29, 0.717) is 17.9 Å². The Hall–Kier alpha value is -1.62. The van der Waals surface area contributed by atoms with Crippen molar-refractivity contribution >= 4 is 5.91 Å². The molecule has 0 bridgehead atoms. The van der Waals surface area contributed by atoms with Gasteiger partial charge in [-0.2, -0.15) is 0 Å². The number of hydrogen-bond acceptors (Lipinski definition) is 3. The molecule has 2 atom stereocenters. The van der Waals surface area contributed by atoms with E-state index >= 15 is 0 Å². The number of ether oxygens (including phenoxy) is 2. The van der Waals surface area contributed by atoms with Crippen molar-refractivity contribution in [1.82, 2.24) is 5.32 Å². The van der Waals surface area contributed by atoms with Crippen LogP contribution in [0.1, 0.15) is 25.3 Å². The Bertz CT molecular complexity index is 478. The van der Waals surface area contributed by atoms with Crippen LogP contribution in [0.15, 0.2) is 18.2 Å². The molecule has 4 nitrogen and oxygen atoms in total. The molecule has 0 aromatic heterocycles. The first-order chi connectivity index (χ1) is 9.61. The second-order valence-corrected chi connectivity index (χ2v) is 5.00. The quantitative estimate of drug-likeness (QED) is 0.921. The zero-order chi connectivity index (χ0) is 14.5. The van der Waals surface area contributed by atoms with Crippen LogP contribution in [0.2, 0.25) is 0 Å². The number of amides is 1. The molecule has 0 spiro atoms. The van der Waals surface area contributed by atoms with E-state index in [1.54, 1.807) is 6.07 Å². The average molecular weight is 281 g/mol. The van der Waals surface area contributed by atoms with Gasteiger partial charge in [0.15, 0.2) is 0 Å². The van der Waals surface area contributed by atoms with Crippen LogP contribution in [0.3, 0.4) is 0 Å². The Labute approximate surface area is 118 Å². The van der Waals surface area contributed by atoms with Gasteiger partial charge < -0.3 is 14.8 Å². The van der Waals surface area contributed by atoms with Crippen LogP contribution in [-0.4, -0.2) is 25.7 Å². The molecule has 5 heteroatoms. The van der Waals surface area contributed by atoms with E-state index in [-0.39, 0.29) is 30.3 Å². The standard InChI is InChI=1S/C15H20FNO3/c1-10-13(4-3-7-20-10)15(18)17-9-11-8-12(16)5-6-14(11)19-2/h5-6,8,10,13H,3-4,7,9H2,1-2H3,(H,17,18). The van der Waals surface area contributed by atoms with Gasteiger partial charge in [-0.05, 0) is 38.0 Å². The van der Waals surface area contributed by atoms with Gasteiger partial charge in [0.05, 0.1) is 19.1 Å². The van der Waals surface area contributed by atoms with Gasteiger partial charge in [-0.1, -0.05) is 0 Å². The molecule has 1 aromatic carbocycles. The maximum atomic E-state index is 13.2. The predicted molar refractivity (Wildman–Crippen MR) is 72.9 cm³/mol. The Morgan fingerprint density at radius 3 is 3.05 bits per heavy atom. The Balaban J connectivity index is 1.97. The minimum Gasteiger partial charge on any atom is -0.496 e. The largest absolute Gasteiger partial charge is 0.496 e. The van der Waals surface area contributed by atoms with Crippen LogP contribution in [0, 0.1) is 11.7 Å². The lowest BCUT2D eigenvalue weighted by Gasteiger charge is -2.28. The monoisotopic (exact) mass is 281 g/mol. The number of nitrogens with one attached hydrogen (secondary N) is 1. The summed E-state index contributed by atoms with van der Waals surface area (Å²) in [6.07, 6.45) is 1.65. The highest BCUT2D eigenvalue weighted by Gasteiger charge is 2.28. The molecule has 0 radical (unpaired) electrons. The number of hydrogen-bond donors (Lipinski definition) is 1. The highest BCUT2D eigenvalue weighted by Crippen LogP contribution is 2.22. The van der Waals surface area contributed by atoms with Crippen molar-refractivity contribution in [3.05, 3.63) is 29.6 Å². The third-order valence-electron chi connectivity index (χ3n) is 3.64. The molecule has 1 saturated heterocycles. The van der Waals surface area contributed by atoms with Crippen molar-refractivity contribution in [3.8, 4) is 5.75 Å². The van der Waals surface area contributed by atoms with Gasteiger partial charge in [0.1, 0.15) is 11.6 Å². The second-order valence-electron chi connectivity index (χ2n) is 5.00. The minimum absolute atomic E-state index is 0.0523. The van der Waals surface area contributed by atoms with Crippen molar-refractivity contribution in [2.45, 2.75) is 32.4 Å². The van der Waals surface area contributed by atoms with Gasteiger partial charge in [-0.3, -0.25) is 4.79 Å². The van der Waals surface area contributed by atoms with E-state index in [1.807, 2.05) is 6.92 Å². The first kappa shape index (κ1) is 14.8. The summed E-state index contributed by atoms with van der Waals surface area (Å²) in [4.78, 5) is 12.1. The summed E-state index contributed by atoms with van der Waals surface area (Å²) in [5.74, 6) is 0.0378. The summed E-state index contributed by atoms with van der Waals surface area (Å²) < 4.78 is 23.9. The van der Waals surface area contributed by atoms with Crippen LogP contribution in [0.4, 0.5) is 4.39 Å². The molecule has 2 unspecified atom stereocenters. The molecule has 1 aliphatic heterocycles. The number of benzene rings is 1. The van der Waals surface area contributed by atoms with Crippen molar-refractivity contribution in [2.24, 2.45) is 5.92 Å². The molecule has 1 N–H and O–H groups in total. The summed E-state index contributed by atoms with van der Waals surface area (Å²) in [7, 11) is 1.52. The average Bonchev–Trinajstić information content (AvgIpc) is 2.45. The van der Waals surface area contributed by atoms with Gasteiger partial charge in [-0.15, -0.1) is 0 Å². The normalized spacial score (nSPS) is 22.4. The van der Waals surface area contributed by atoms with Gasteiger partial charge in [0, 0.05) is 18.7 Å². The number of carbonyl (C=O) groups excluding carboxylic acids is 1. The second kappa shape index (κ2) is 6.70. The van der Waals surface area contributed by atoms with E-state index in [2.05, 4.69) is 5.32 Å². The molecule has 1 aromatic rings. The summed E-state index contributed by atoms with van der Waals surface area (Å²) in [5.41, 5.74) is 0.630. The molecule has 1 aliphatic rings. The van der Waals surface area contributed by atoms with E-state index in [0.717, 1.165) is 12.8 Å². The molecule has 0 aliphatic carbocycles. The smallest absolute Gasteiger partial charge is 0.225 e. The van der Waals surface area contributed by atoms with Crippen LogP contribution < -0.4 is 10.1 Å². The topological polar surface area (TPSA) is 47.6 Å². The highest BCUT2D eigenvalue weighted by molar-refractivity contribution is 5.79. The van der Waals surface area contributed by atoms with E-state index in [4.69, 9.17) is 9.47 Å². The number of carbonyl (C=O) groups is 1. The fourth-order valence-corrected chi connectivity index (χ4v) is 2.47. The summed E-state index contributed by atoms with van der Waals surface area (Å²) >= 11 is 0. The molecule has 20 heavy (non-hydrogen) atoms. The molecular weight excluding hydrogens is 261 g/mol. The Morgan fingerprint density at radius 2 is 2.35 bits per heavy atom. The first-order valence-corrected chi connectivity index (χ1v) is 6.83. The fourth-order valence-electron chi connectivity index (χ4n) is 2.47. The predicted octanol–water partition coefficient (Wildman–Crippen LogP) is 2.27. The molecule has 110 valence electrons. The summed E-state index contributed by atoms with van der Waals surface area (Å²) in [6.45, 7) is 2.87. The summed E-state index contributed by atoms with van der Waals surface area (Å²) in [5, 5.41) is 2.84. The molecule has 1 heterocycles. The van der Waals surface area contributed by atoms with Gasteiger partial charge in [0.2, 0.25) is 5.91 Å². The van der Waals surface area contributed by atoms with Crippen LogP contribution in [-0.2, 0) is 16.1 Å². The van der Waals surface area contributed by atoms with E-state index < -0.39 is 0 Å². The minimum atomic E-state index is -0.343. The van der Waals surface area contributed by atoms with Crippen LogP contribution in [0.25, 0.3) is 0 Å². The lowest BCUT2D eigenvalue weighted by molar-refractivity contribution is -0.133. The zero-order valence-corrected chi connectivity index (χ0v) is 11.8. The maximum absolute atomic E-state index is 13.2. The number of methoxy groups -OCH3 is 1. The molecule has 2 rings (SSSR count). The summed E-state index contributed by atoms with van der Waals surface area (Å²) in [6, 6.07) is 4.27.